The second kappa shape index (κ2) is 10.4. The summed E-state index contributed by atoms with van der Waals surface area (Å²) in [5, 5.41) is 5.30. The average Bonchev–Trinajstić information content (AvgIpc) is 2.71. The number of nitrogens with one attached hydrogen (secondary N) is 2. The van der Waals surface area contributed by atoms with E-state index in [4.69, 9.17) is 5.73 Å². The molecule has 0 bridgehead atoms. The Morgan fingerprint density at radius 3 is 2.00 bits per heavy atom. The molecule has 0 aliphatic carbocycles. The van der Waals surface area contributed by atoms with Crippen LogP contribution in [0.15, 0.2) is 54.6 Å². The molecule has 2 aromatic carbocycles. The van der Waals surface area contributed by atoms with Crippen molar-refractivity contribution in [2.75, 3.05) is 6.54 Å². The number of carbonyl (C=O) groups is 3. The molecule has 29 heavy (non-hydrogen) atoms. The fourth-order valence-corrected chi connectivity index (χ4v) is 2.81. The molecule has 0 radical (unpaired) electrons. The van der Waals surface area contributed by atoms with Gasteiger partial charge in [0.15, 0.2) is 0 Å². The highest BCUT2D eigenvalue weighted by Crippen LogP contribution is 2.20. The van der Waals surface area contributed by atoms with Gasteiger partial charge in [-0.2, -0.15) is 0 Å². The second-order valence-corrected chi connectivity index (χ2v) is 7.55. The van der Waals surface area contributed by atoms with Crippen molar-refractivity contribution in [3.63, 3.8) is 0 Å². The number of carbonyl (C=O) groups excluding carboxylic acids is 3. The third-order valence-corrected chi connectivity index (χ3v) is 4.98. The lowest BCUT2D eigenvalue weighted by Gasteiger charge is -2.22. The number of hydrogen-bond acceptors (Lipinski definition) is 3. The molecule has 154 valence electrons. The lowest BCUT2D eigenvalue weighted by molar-refractivity contribution is -0.132. The lowest BCUT2D eigenvalue weighted by Crippen LogP contribution is -2.51. The predicted octanol–water partition coefficient (Wildman–Crippen LogP) is 2.27. The van der Waals surface area contributed by atoms with Gasteiger partial charge >= 0.3 is 0 Å². The van der Waals surface area contributed by atoms with Crippen molar-refractivity contribution in [1.29, 1.82) is 0 Å². The van der Waals surface area contributed by atoms with Crippen LogP contribution in [0.25, 0.3) is 11.1 Å². The third kappa shape index (κ3) is 6.75. The van der Waals surface area contributed by atoms with Crippen LogP contribution < -0.4 is 16.4 Å². The Morgan fingerprint density at radius 2 is 1.45 bits per heavy atom. The molecule has 0 saturated heterocycles. The SMILES string of the molecule is CC(C)[C@H](C)C(=O)N[C@@H](Cc1ccc(-c2ccccc2)cc1)C(=O)NCC(N)=O. The van der Waals surface area contributed by atoms with E-state index in [1.165, 1.54) is 0 Å². The normalized spacial score (nSPS) is 12.8. The fraction of sp³-hybridized carbons (Fsp3) is 0.348. The standard InChI is InChI=1S/C23H29N3O3/c1-15(2)16(3)22(28)26-20(23(29)25-14-21(24)27)13-17-9-11-19(12-10-17)18-7-5-4-6-8-18/h4-12,15-16,20H,13-14H2,1-3H3,(H2,24,27)(H,25,29)(H,26,28)/t16-,20-/m0/s1. The monoisotopic (exact) mass is 395 g/mol. The molecular weight excluding hydrogens is 366 g/mol. The van der Waals surface area contributed by atoms with Gasteiger partial charge in [0, 0.05) is 12.3 Å². The first-order valence-corrected chi connectivity index (χ1v) is 9.78. The van der Waals surface area contributed by atoms with Crippen molar-refractivity contribution in [3.8, 4) is 11.1 Å². The van der Waals surface area contributed by atoms with Gasteiger partial charge in [0.1, 0.15) is 6.04 Å². The first-order valence-electron chi connectivity index (χ1n) is 9.78. The van der Waals surface area contributed by atoms with Gasteiger partial charge in [-0.1, -0.05) is 75.4 Å². The van der Waals surface area contributed by atoms with Crippen LogP contribution in [-0.4, -0.2) is 30.3 Å². The minimum Gasteiger partial charge on any atom is -0.368 e. The number of benzene rings is 2. The molecule has 2 atom stereocenters. The summed E-state index contributed by atoms with van der Waals surface area (Å²) in [6, 6.07) is 17.1. The van der Waals surface area contributed by atoms with Crippen molar-refractivity contribution < 1.29 is 14.4 Å². The van der Waals surface area contributed by atoms with Crippen LogP contribution in [0.1, 0.15) is 26.3 Å². The molecule has 0 aliphatic rings. The predicted molar refractivity (Wildman–Crippen MR) is 114 cm³/mol. The number of primary amides is 1. The molecule has 0 fully saturated rings. The molecule has 0 heterocycles. The Balaban J connectivity index is 2.14. The van der Waals surface area contributed by atoms with Gasteiger partial charge in [-0.3, -0.25) is 14.4 Å². The van der Waals surface area contributed by atoms with E-state index in [2.05, 4.69) is 10.6 Å². The Morgan fingerprint density at radius 1 is 0.862 bits per heavy atom. The van der Waals surface area contributed by atoms with E-state index in [0.717, 1.165) is 16.7 Å². The fourth-order valence-electron chi connectivity index (χ4n) is 2.81. The number of hydrogen-bond donors (Lipinski definition) is 3. The van der Waals surface area contributed by atoms with Gasteiger partial charge in [0.25, 0.3) is 0 Å². The maximum absolute atomic E-state index is 12.5. The second-order valence-electron chi connectivity index (χ2n) is 7.55. The first kappa shape index (κ1) is 22.1. The minimum absolute atomic E-state index is 0.148. The maximum Gasteiger partial charge on any atom is 0.243 e. The van der Waals surface area contributed by atoms with E-state index in [0.29, 0.717) is 6.42 Å². The van der Waals surface area contributed by atoms with E-state index in [1.807, 2.05) is 75.4 Å². The zero-order valence-electron chi connectivity index (χ0n) is 17.1. The molecule has 0 aliphatic heterocycles. The van der Waals surface area contributed by atoms with E-state index >= 15 is 0 Å². The van der Waals surface area contributed by atoms with Gasteiger partial charge < -0.3 is 16.4 Å². The van der Waals surface area contributed by atoms with Crippen LogP contribution in [0.3, 0.4) is 0 Å². The minimum atomic E-state index is -0.786. The van der Waals surface area contributed by atoms with Crippen molar-refractivity contribution >= 4 is 17.7 Å². The molecule has 0 unspecified atom stereocenters. The van der Waals surface area contributed by atoms with Crippen LogP contribution in [0.4, 0.5) is 0 Å². The maximum atomic E-state index is 12.5. The molecule has 0 aromatic heterocycles. The summed E-state index contributed by atoms with van der Waals surface area (Å²) in [6.07, 6.45) is 0.316. The molecule has 2 aromatic rings. The van der Waals surface area contributed by atoms with Crippen molar-refractivity contribution in [3.05, 3.63) is 60.2 Å². The molecule has 4 N–H and O–H groups in total. The number of nitrogens with two attached hydrogens (primary N) is 1. The van der Waals surface area contributed by atoms with Crippen LogP contribution >= 0.6 is 0 Å². The van der Waals surface area contributed by atoms with Crippen LogP contribution in [0.2, 0.25) is 0 Å². The van der Waals surface area contributed by atoms with Gasteiger partial charge in [0.2, 0.25) is 17.7 Å². The summed E-state index contributed by atoms with van der Waals surface area (Å²) in [5.74, 6) is -1.34. The van der Waals surface area contributed by atoms with Gasteiger partial charge in [-0.25, -0.2) is 0 Å². The summed E-state index contributed by atoms with van der Waals surface area (Å²) >= 11 is 0. The Labute approximate surface area is 171 Å². The molecule has 3 amide bonds. The summed E-state index contributed by atoms with van der Waals surface area (Å²) in [7, 11) is 0. The first-order chi connectivity index (χ1) is 13.8. The van der Waals surface area contributed by atoms with Crippen molar-refractivity contribution in [1.82, 2.24) is 10.6 Å². The molecule has 6 heteroatoms. The van der Waals surface area contributed by atoms with Gasteiger partial charge in [-0.05, 0) is 22.6 Å². The summed E-state index contributed by atoms with van der Waals surface area (Å²) in [5.41, 5.74) is 8.19. The van der Waals surface area contributed by atoms with Gasteiger partial charge in [0.05, 0.1) is 6.54 Å². The van der Waals surface area contributed by atoms with E-state index < -0.39 is 17.9 Å². The summed E-state index contributed by atoms with van der Waals surface area (Å²) in [6.45, 7) is 5.47. The van der Waals surface area contributed by atoms with Crippen molar-refractivity contribution in [2.45, 2.75) is 33.2 Å². The molecule has 0 saturated carbocycles. The van der Waals surface area contributed by atoms with Crippen LogP contribution in [-0.2, 0) is 20.8 Å². The zero-order valence-corrected chi connectivity index (χ0v) is 17.1. The zero-order chi connectivity index (χ0) is 21.4. The molecule has 6 nitrogen and oxygen atoms in total. The summed E-state index contributed by atoms with van der Waals surface area (Å²) < 4.78 is 0. The lowest BCUT2D eigenvalue weighted by atomic mass is 9.96. The van der Waals surface area contributed by atoms with E-state index in [-0.39, 0.29) is 24.3 Å². The van der Waals surface area contributed by atoms with Crippen LogP contribution in [0, 0.1) is 11.8 Å². The highest BCUT2D eigenvalue weighted by molar-refractivity contribution is 5.91. The van der Waals surface area contributed by atoms with Gasteiger partial charge in [-0.15, -0.1) is 0 Å². The number of rotatable bonds is 9. The quantitative estimate of drug-likeness (QED) is 0.607. The van der Waals surface area contributed by atoms with Crippen molar-refractivity contribution in [2.24, 2.45) is 17.6 Å². The highest BCUT2D eigenvalue weighted by Gasteiger charge is 2.25. The molecular formula is C23H29N3O3. The largest absolute Gasteiger partial charge is 0.368 e. The number of amides is 3. The average molecular weight is 396 g/mol. The van der Waals surface area contributed by atoms with E-state index in [1.54, 1.807) is 0 Å². The Kier molecular flexibility index (Phi) is 7.95. The smallest absolute Gasteiger partial charge is 0.243 e. The Bertz CT molecular complexity index is 832. The molecule has 2 rings (SSSR count). The highest BCUT2D eigenvalue weighted by atomic mass is 16.2. The van der Waals surface area contributed by atoms with E-state index in [9.17, 15) is 14.4 Å². The van der Waals surface area contributed by atoms with Crippen LogP contribution in [0.5, 0.6) is 0 Å². The summed E-state index contributed by atoms with van der Waals surface area (Å²) in [4.78, 5) is 36.0. The Hall–Kier alpha value is -3.15. The molecule has 0 spiro atoms. The topological polar surface area (TPSA) is 101 Å². The third-order valence-electron chi connectivity index (χ3n) is 4.98.